The summed E-state index contributed by atoms with van der Waals surface area (Å²) >= 11 is 0. The largest absolute Gasteiger partial charge is 0.369 e. The van der Waals surface area contributed by atoms with Crippen molar-refractivity contribution in [1.82, 2.24) is 10.2 Å². The second-order valence-electron chi connectivity index (χ2n) is 5.36. The lowest BCUT2D eigenvalue weighted by atomic mass is 9.96. The standard InChI is InChI=1S/C16H21N3O2/c1-12-3-2-4-13(11-12)5-8-18-16(21)19-9-6-14(7-10-19)15(17)20/h2-5,8,11,14H,6-7,9-10H2,1H3,(H2,17,20)(H,18,21)/b8-5+. The zero-order valence-corrected chi connectivity index (χ0v) is 12.2. The number of carbonyl (C=O) groups excluding carboxylic acids is 2. The number of amides is 3. The molecule has 112 valence electrons. The van der Waals surface area contributed by atoms with Crippen LogP contribution < -0.4 is 11.1 Å². The number of hydrogen-bond acceptors (Lipinski definition) is 2. The van der Waals surface area contributed by atoms with Gasteiger partial charge in [0.2, 0.25) is 5.91 Å². The van der Waals surface area contributed by atoms with Gasteiger partial charge in [-0.3, -0.25) is 4.79 Å². The molecule has 0 unspecified atom stereocenters. The topological polar surface area (TPSA) is 75.4 Å². The van der Waals surface area contributed by atoms with Gasteiger partial charge in [-0.15, -0.1) is 0 Å². The summed E-state index contributed by atoms with van der Waals surface area (Å²) in [6.07, 6.45) is 4.80. The fraction of sp³-hybridized carbons (Fsp3) is 0.375. The molecule has 1 aromatic carbocycles. The monoisotopic (exact) mass is 287 g/mol. The number of nitrogens with two attached hydrogens (primary N) is 1. The number of aryl methyl sites for hydroxylation is 1. The van der Waals surface area contributed by atoms with E-state index in [0.29, 0.717) is 25.9 Å². The molecule has 1 aromatic rings. The van der Waals surface area contributed by atoms with E-state index in [2.05, 4.69) is 5.32 Å². The number of nitrogens with zero attached hydrogens (tertiary/aromatic N) is 1. The lowest BCUT2D eigenvalue weighted by Gasteiger charge is -2.30. The maximum Gasteiger partial charge on any atom is 0.321 e. The van der Waals surface area contributed by atoms with Gasteiger partial charge >= 0.3 is 6.03 Å². The molecule has 0 radical (unpaired) electrons. The summed E-state index contributed by atoms with van der Waals surface area (Å²) < 4.78 is 0. The van der Waals surface area contributed by atoms with Gasteiger partial charge in [-0.2, -0.15) is 0 Å². The maximum absolute atomic E-state index is 12.0. The highest BCUT2D eigenvalue weighted by atomic mass is 16.2. The van der Waals surface area contributed by atoms with E-state index in [4.69, 9.17) is 5.73 Å². The van der Waals surface area contributed by atoms with E-state index in [1.807, 2.05) is 37.3 Å². The van der Waals surface area contributed by atoms with Crippen molar-refractivity contribution in [3.05, 3.63) is 41.6 Å². The van der Waals surface area contributed by atoms with Crippen molar-refractivity contribution < 1.29 is 9.59 Å². The second-order valence-corrected chi connectivity index (χ2v) is 5.36. The lowest BCUT2D eigenvalue weighted by molar-refractivity contribution is -0.122. The van der Waals surface area contributed by atoms with E-state index in [0.717, 1.165) is 5.56 Å². The Morgan fingerprint density at radius 3 is 2.67 bits per heavy atom. The third kappa shape index (κ3) is 4.34. The van der Waals surface area contributed by atoms with Crippen LogP contribution in [0.25, 0.3) is 6.08 Å². The van der Waals surface area contributed by atoms with Gasteiger partial charge in [-0.05, 0) is 31.4 Å². The molecule has 0 atom stereocenters. The first-order chi connectivity index (χ1) is 10.1. The van der Waals surface area contributed by atoms with Gasteiger partial charge in [0.1, 0.15) is 0 Å². The van der Waals surface area contributed by atoms with E-state index in [1.165, 1.54) is 5.56 Å². The average molecular weight is 287 g/mol. The van der Waals surface area contributed by atoms with Gasteiger partial charge in [0.05, 0.1) is 0 Å². The molecule has 0 aliphatic carbocycles. The van der Waals surface area contributed by atoms with Gasteiger partial charge < -0.3 is 16.0 Å². The number of benzene rings is 1. The van der Waals surface area contributed by atoms with Gasteiger partial charge in [0.15, 0.2) is 0 Å². The number of rotatable bonds is 3. The number of piperidine rings is 1. The molecule has 1 aliphatic rings. The first-order valence-corrected chi connectivity index (χ1v) is 7.14. The normalized spacial score (nSPS) is 16.1. The number of carbonyl (C=O) groups is 2. The van der Waals surface area contributed by atoms with Crippen LogP contribution in [0.2, 0.25) is 0 Å². The first-order valence-electron chi connectivity index (χ1n) is 7.14. The van der Waals surface area contributed by atoms with Crippen molar-refractivity contribution in [2.24, 2.45) is 11.7 Å². The van der Waals surface area contributed by atoms with E-state index < -0.39 is 0 Å². The zero-order chi connectivity index (χ0) is 15.2. The highest BCUT2D eigenvalue weighted by Crippen LogP contribution is 2.16. The molecule has 1 heterocycles. The van der Waals surface area contributed by atoms with Crippen LogP contribution in [-0.4, -0.2) is 29.9 Å². The van der Waals surface area contributed by atoms with E-state index >= 15 is 0 Å². The smallest absolute Gasteiger partial charge is 0.321 e. The molecule has 1 saturated heterocycles. The molecule has 0 saturated carbocycles. The van der Waals surface area contributed by atoms with Crippen LogP contribution in [0.4, 0.5) is 4.79 Å². The second kappa shape index (κ2) is 6.92. The maximum atomic E-state index is 12.0. The molecule has 1 fully saturated rings. The van der Waals surface area contributed by atoms with Crippen molar-refractivity contribution in [1.29, 1.82) is 0 Å². The molecular formula is C16H21N3O2. The van der Waals surface area contributed by atoms with Crippen LogP contribution in [-0.2, 0) is 4.79 Å². The highest BCUT2D eigenvalue weighted by Gasteiger charge is 2.25. The summed E-state index contributed by atoms with van der Waals surface area (Å²) in [5.74, 6) is -0.369. The minimum atomic E-state index is -0.269. The Morgan fingerprint density at radius 1 is 1.33 bits per heavy atom. The molecule has 1 aliphatic heterocycles. The van der Waals surface area contributed by atoms with Gasteiger partial charge in [0, 0.05) is 25.2 Å². The molecule has 5 heteroatoms. The van der Waals surface area contributed by atoms with Crippen molar-refractivity contribution in [2.45, 2.75) is 19.8 Å². The number of hydrogen-bond donors (Lipinski definition) is 2. The molecule has 0 bridgehead atoms. The predicted octanol–water partition coefficient (Wildman–Crippen LogP) is 1.87. The van der Waals surface area contributed by atoms with E-state index in [9.17, 15) is 9.59 Å². The minimum absolute atomic E-state index is 0.100. The molecule has 3 N–H and O–H groups in total. The molecule has 3 amide bonds. The summed E-state index contributed by atoms with van der Waals surface area (Å²) in [4.78, 5) is 24.8. The van der Waals surface area contributed by atoms with Crippen LogP contribution >= 0.6 is 0 Å². The SMILES string of the molecule is Cc1cccc(/C=C/NC(=O)N2CCC(C(N)=O)CC2)c1. The van der Waals surface area contributed by atoms with Crippen LogP contribution in [0.5, 0.6) is 0 Å². The summed E-state index contributed by atoms with van der Waals surface area (Å²) in [5.41, 5.74) is 7.50. The summed E-state index contributed by atoms with van der Waals surface area (Å²) in [6, 6.07) is 7.89. The van der Waals surface area contributed by atoms with Crippen LogP contribution in [0.15, 0.2) is 30.5 Å². The van der Waals surface area contributed by atoms with Gasteiger partial charge in [-0.25, -0.2) is 4.79 Å². The summed E-state index contributed by atoms with van der Waals surface area (Å²) in [6.45, 7) is 3.16. The Bertz CT molecular complexity index is 546. The number of primary amides is 1. The zero-order valence-electron chi connectivity index (χ0n) is 12.2. The Hall–Kier alpha value is -2.30. The quantitative estimate of drug-likeness (QED) is 0.890. The van der Waals surface area contributed by atoms with Crippen molar-refractivity contribution >= 4 is 18.0 Å². The third-order valence-corrected chi connectivity index (χ3v) is 3.71. The molecule has 0 aromatic heterocycles. The Labute approximate surface area is 124 Å². The van der Waals surface area contributed by atoms with Crippen LogP contribution in [0, 0.1) is 12.8 Å². The van der Waals surface area contributed by atoms with Crippen LogP contribution in [0.3, 0.4) is 0 Å². The Balaban J connectivity index is 1.81. The van der Waals surface area contributed by atoms with Crippen molar-refractivity contribution in [2.75, 3.05) is 13.1 Å². The molecule has 2 rings (SSSR count). The van der Waals surface area contributed by atoms with E-state index in [1.54, 1.807) is 11.1 Å². The molecule has 21 heavy (non-hydrogen) atoms. The highest BCUT2D eigenvalue weighted by molar-refractivity contribution is 5.78. The lowest BCUT2D eigenvalue weighted by Crippen LogP contribution is -2.45. The predicted molar refractivity (Wildman–Crippen MR) is 82.2 cm³/mol. The van der Waals surface area contributed by atoms with Gasteiger partial charge in [-0.1, -0.05) is 29.8 Å². The number of urea groups is 1. The van der Waals surface area contributed by atoms with E-state index in [-0.39, 0.29) is 17.9 Å². The van der Waals surface area contributed by atoms with Crippen molar-refractivity contribution in [3.63, 3.8) is 0 Å². The number of likely N-dealkylation sites (tertiary alicyclic amines) is 1. The first kappa shape index (κ1) is 15.1. The Morgan fingerprint density at radius 2 is 2.05 bits per heavy atom. The Kier molecular flexibility index (Phi) is 4.98. The van der Waals surface area contributed by atoms with Crippen LogP contribution in [0.1, 0.15) is 24.0 Å². The third-order valence-electron chi connectivity index (χ3n) is 3.71. The molecule has 0 spiro atoms. The average Bonchev–Trinajstić information content (AvgIpc) is 2.47. The van der Waals surface area contributed by atoms with Gasteiger partial charge in [0.25, 0.3) is 0 Å². The molecule has 5 nitrogen and oxygen atoms in total. The fourth-order valence-corrected chi connectivity index (χ4v) is 2.44. The fourth-order valence-electron chi connectivity index (χ4n) is 2.44. The minimum Gasteiger partial charge on any atom is -0.369 e. The number of nitrogens with one attached hydrogen (secondary N) is 1. The molecular weight excluding hydrogens is 266 g/mol. The van der Waals surface area contributed by atoms with Crippen molar-refractivity contribution in [3.8, 4) is 0 Å². The summed E-state index contributed by atoms with van der Waals surface area (Å²) in [5, 5.41) is 2.75. The summed E-state index contributed by atoms with van der Waals surface area (Å²) in [7, 11) is 0.